The van der Waals surface area contributed by atoms with Gasteiger partial charge in [0.15, 0.2) is 0 Å². The summed E-state index contributed by atoms with van der Waals surface area (Å²) in [5, 5.41) is 0. The lowest BCUT2D eigenvalue weighted by molar-refractivity contribution is 0.0693. The molecule has 1 N–H and O–H groups in total. The molecule has 0 unspecified atom stereocenters. The summed E-state index contributed by atoms with van der Waals surface area (Å²) in [5.74, 6) is 1.41. The number of rotatable bonds is 8. The van der Waals surface area contributed by atoms with Gasteiger partial charge in [0.05, 0.1) is 17.6 Å². The normalized spacial score (nSPS) is 15.2. The summed E-state index contributed by atoms with van der Waals surface area (Å²) < 4.78 is 33.4. The highest BCUT2D eigenvalue weighted by atomic mass is 32.2. The van der Waals surface area contributed by atoms with Crippen LogP contribution in [0, 0.1) is 5.92 Å². The van der Waals surface area contributed by atoms with E-state index in [9.17, 15) is 13.2 Å². The second-order valence-corrected chi connectivity index (χ2v) is 10.3. The summed E-state index contributed by atoms with van der Waals surface area (Å²) in [6.45, 7) is 3.82. The molecule has 0 radical (unpaired) electrons. The molecule has 1 saturated heterocycles. The van der Waals surface area contributed by atoms with Crippen LogP contribution in [0.2, 0.25) is 0 Å². The Labute approximate surface area is 183 Å². The quantitative estimate of drug-likeness (QED) is 0.493. The van der Waals surface area contributed by atoms with E-state index in [1.54, 1.807) is 22.7 Å². The Hall–Kier alpha value is -2.03. The van der Waals surface area contributed by atoms with Crippen LogP contribution >= 0.6 is 11.8 Å². The van der Waals surface area contributed by atoms with Gasteiger partial charge in [-0.2, -0.15) is 0 Å². The van der Waals surface area contributed by atoms with E-state index in [1.807, 2.05) is 30.3 Å². The second-order valence-electron chi connectivity index (χ2n) is 7.40. The van der Waals surface area contributed by atoms with Crippen LogP contribution in [0.25, 0.3) is 0 Å². The summed E-state index contributed by atoms with van der Waals surface area (Å²) >= 11 is 1.58. The van der Waals surface area contributed by atoms with Crippen LogP contribution < -0.4 is 9.46 Å². The molecule has 1 aliphatic heterocycles. The van der Waals surface area contributed by atoms with E-state index in [-0.39, 0.29) is 16.4 Å². The van der Waals surface area contributed by atoms with Crippen molar-refractivity contribution in [3.05, 3.63) is 54.1 Å². The zero-order chi connectivity index (χ0) is 21.6. The van der Waals surface area contributed by atoms with E-state index in [0.717, 1.165) is 17.7 Å². The number of sulfonamides is 1. The molecular weight excluding hydrogens is 420 g/mol. The van der Waals surface area contributed by atoms with Gasteiger partial charge in [0.2, 0.25) is 10.0 Å². The number of piperidine rings is 1. The SMILES string of the molecule is COc1ccc(S(=O)(=O)NCCSc2ccccc2)cc1C(=O)N1CCC(C)CC1. The van der Waals surface area contributed by atoms with Crippen LogP contribution in [0.1, 0.15) is 30.1 Å². The maximum atomic E-state index is 13.0. The lowest BCUT2D eigenvalue weighted by Crippen LogP contribution is -2.38. The first-order valence-corrected chi connectivity index (χ1v) is 12.5. The second kappa shape index (κ2) is 10.3. The minimum Gasteiger partial charge on any atom is -0.496 e. The number of benzene rings is 2. The summed E-state index contributed by atoms with van der Waals surface area (Å²) in [6.07, 6.45) is 1.90. The number of likely N-dealkylation sites (tertiary alicyclic amines) is 1. The van der Waals surface area contributed by atoms with Crippen molar-refractivity contribution < 1.29 is 17.9 Å². The maximum absolute atomic E-state index is 13.0. The molecule has 6 nitrogen and oxygen atoms in total. The third-order valence-electron chi connectivity index (χ3n) is 5.19. The predicted molar refractivity (Wildman–Crippen MR) is 120 cm³/mol. The van der Waals surface area contributed by atoms with Gasteiger partial charge in [-0.25, -0.2) is 13.1 Å². The summed E-state index contributed by atoms with van der Waals surface area (Å²) in [5.41, 5.74) is 0.286. The maximum Gasteiger partial charge on any atom is 0.257 e. The standard InChI is InChI=1S/C22H28N2O4S2/c1-17-10-13-24(14-11-17)22(25)20-16-19(8-9-21(20)28-2)30(26,27)23-12-15-29-18-6-4-3-5-7-18/h3-9,16-17,23H,10-15H2,1-2H3. The number of methoxy groups -OCH3 is 1. The molecular formula is C22H28N2O4S2. The van der Waals surface area contributed by atoms with E-state index >= 15 is 0 Å². The molecule has 0 aliphatic carbocycles. The molecule has 3 rings (SSSR count). The summed E-state index contributed by atoms with van der Waals surface area (Å²) in [7, 11) is -2.24. The van der Waals surface area contributed by atoms with Crippen LogP contribution in [0.3, 0.4) is 0 Å². The number of carbonyl (C=O) groups is 1. The van der Waals surface area contributed by atoms with Crippen molar-refractivity contribution in [1.82, 2.24) is 9.62 Å². The Morgan fingerprint density at radius 3 is 2.53 bits per heavy atom. The van der Waals surface area contributed by atoms with Crippen molar-refractivity contribution >= 4 is 27.7 Å². The molecule has 0 atom stereocenters. The molecule has 0 bridgehead atoms. The Morgan fingerprint density at radius 2 is 1.87 bits per heavy atom. The fourth-order valence-electron chi connectivity index (χ4n) is 3.35. The molecule has 2 aromatic carbocycles. The number of amides is 1. The molecule has 162 valence electrons. The van der Waals surface area contributed by atoms with Crippen molar-refractivity contribution in [2.24, 2.45) is 5.92 Å². The molecule has 0 aromatic heterocycles. The topological polar surface area (TPSA) is 75.7 Å². The van der Waals surface area contributed by atoms with Crippen LogP contribution in [0.15, 0.2) is 58.3 Å². The van der Waals surface area contributed by atoms with Gasteiger partial charge in [-0.15, -0.1) is 11.8 Å². The Bertz CT molecular complexity index is 956. The number of hydrogen-bond donors (Lipinski definition) is 1. The molecule has 0 saturated carbocycles. The van der Waals surface area contributed by atoms with Crippen molar-refractivity contribution in [3.63, 3.8) is 0 Å². The number of nitrogens with zero attached hydrogens (tertiary/aromatic N) is 1. The third-order valence-corrected chi connectivity index (χ3v) is 7.66. The van der Waals surface area contributed by atoms with E-state index in [2.05, 4.69) is 11.6 Å². The Kier molecular flexibility index (Phi) is 7.80. The Balaban J connectivity index is 1.68. The molecule has 1 heterocycles. The largest absolute Gasteiger partial charge is 0.496 e. The van der Waals surface area contributed by atoms with Crippen molar-refractivity contribution in [1.29, 1.82) is 0 Å². The number of carbonyl (C=O) groups excluding carboxylic acids is 1. The molecule has 0 spiro atoms. The van der Waals surface area contributed by atoms with Crippen molar-refractivity contribution in [2.45, 2.75) is 29.6 Å². The molecule has 1 aliphatic rings. The highest BCUT2D eigenvalue weighted by Crippen LogP contribution is 2.26. The molecule has 1 amide bonds. The first-order chi connectivity index (χ1) is 14.4. The first kappa shape index (κ1) is 22.7. The highest BCUT2D eigenvalue weighted by molar-refractivity contribution is 7.99. The van der Waals surface area contributed by atoms with Crippen LogP contribution in [0.4, 0.5) is 0 Å². The molecule has 1 fully saturated rings. The first-order valence-electron chi connectivity index (χ1n) is 10.1. The Morgan fingerprint density at radius 1 is 1.17 bits per heavy atom. The monoisotopic (exact) mass is 448 g/mol. The van der Waals surface area contributed by atoms with Gasteiger partial charge < -0.3 is 9.64 Å². The van der Waals surface area contributed by atoms with Crippen LogP contribution in [0.5, 0.6) is 5.75 Å². The van der Waals surface area contributed by atoms with Crippen molar-refractivity contribution in [2.75, 3.05) is 32.5 Å². The third kappa shape index (κ3) is 5.77. The van der Waals surface area contributed by atoms with Gasteiger partial charge >= 0.3 is 0 Å². The van der Waals surface area contributed by atoms with Gasteiger partial charge in [-0.3, -0.25) is 4.79 Å². The minimum absolute atomic E-state index is 0.0711. The predicted octanol–water partition coefficient (Wildman–Crippen LogP) is 3.64. The van der Waals surface area contributed by atoms with Gasteiger partial charge in [0, 0.05) is 30.3 Å². The van der Waals surface area contributed by atoms with Gasteiger partial charge in [0.25, 0.3) is 5.91 Å². The summed E-state index contributed by atoms with van der Waals surface area (Å²) in [4.78, 5) is 15.9. The lowest BCUT2D eigenvalue weighted by atomic mass is 9.98. The highest BCUT2D eigenvalue weighted by Gasteiger charge is 2.26. The smallest absolute Gasteiger partial charge is 0.257 e. The average molecular weight is 449 g/mol. The van der Waals surface area contributed by atoms with Crippen molar-refractivity contribution in [3.8, 4) is 5.75 Å². The average Bonchev–Trinajstić information content (AvgIpc) is 2.77. The fraction of sp³-hybridized carbons (Fsp3) is 0.409. The number of hydrogen-bond acceptors (Lipinski definition) is 5. The van der Waals surface area contributed by atoms with Gasteiger partial charge in [0.1, 0.15) is 5.75 Å². The fourth-order valence-corrected chi connectivity index (χ4v) is 5.32. The van der Waals surface area contributed by atoms with Gasteiger partial charge in [-0.1, -0.05) is 25.1 Å². The summed E-state index contributed by atoms with van der Waals surface area (Å²) in [6, 6.07) is 14.3. The number of nitrogens with one attached hydrogen (secondary N) is 1. The minimum atomic E-state index is -3.72. The number of ether oxygens (including phenoxy) is 1. The zero-order valence-electron chi connectivity index (χ0n) is 17.3. The molecule has 8 heteroatoms. The van der Waals surface area contributed by atoms with Crippen LogP contribution in [-0.2, 0) is 10.0 Å². The van der Waals surface area contributed by atoms with E-state index < -0.39 is 10.0 Å². The zero-order valence-corrected chi connectivity index (χ0v) is 19.0. The molecule has 2 aromatic rings. The number of thioether (sulfide) groups is 1. The van der Waals surface area contributed by atoms with E-state index in [0.29, 0.717) is 37.1 Å². The lowest BCUT2D eigenvalue weighted by Gasteiger charge is -2.30. The molecule has 30 heavy (non-hydrogen) atoms. The van der Waals surface area contributed by atoms with E-state index in [4.69, 9.17) is 4.74 Å². The van der Waals surface area contributed by atoms with Gasteiger partial charge in [-0.05, 0) is 49.1 Å². The van der Waals surface area contributed by atoms with E-state index in [1.165, 1.54) is 19.2 Å². The van der Waals surface area contributed by atoms with Crippen LogP contribution in [-0.4, -0.2) is 51.7 Å².